The Bertz CT molecular complexity index is 733. The Hall–Kier alpha value is -2.05. The molecule has 1 aliphatic rings. The lowest BCUT2D eigenvalue weighted by Gasteiger charge is -2.40. The summed E-state index contributed by atoms with van der Waals surface area (Å²) in [6, 6.07) is 7.37. The van der Waals surface area contributed by atoms with Gasteiger partial charge in [0.25, 0.3) is 0 Å². The largest absolute Gasteiger partial charge is 0.367 e. The van der Waals surface area contributed by atoms with E-state index in [1.165, 1.54) is 0 Å². The number of carbonyl (C=O) groups is 1. The van der Waals surface area contributed by atoms with E-state index in [4.69, 9.17) is 16.3 Å². The Labute approximate surface area is 146 Å². The molecule has 6 nitrogen and oxygen atoms in total. The monoisotopic (exact) mass is 348 g/mol. The first-order valence-electron chi connectivity index (χ1n) is 7.86. The van der Waals surface area contributed by atoms with Crippen LogP contribution in [0, 0.1) is 0 Å². The van der Waals surface area contributed by atoms with Gasteiger partial charge in [-0.2, -0.15) is 5.10 Å². The molecule has 0 saturated carbocycles. The molecule has 1 unspecified atom stereocenters. The highest BCUT2D eigenvalue weighted by atomic mass is 35.5. The quantitative estimate of drug-likeness (QED) is 0.927. The zero-order valence-electron chi connectivity index (χ0n) is 13.8. The number of amides is 2. The number of ether oxygens (including phenoxy) is 1. The first kappa shape index (κ1) is 16.8. The maximum Gasteiger partial charge on any atom is 0.317 e. The zero-order chi connectivity index (χ0) is 17.2. The Morgan fingerprint density at radius 3 is 3.04 bits per heavy atom. The predicted molar refractivity (Wildman–Crippen MR) is 91.8 cm³/mol. The number of halogens is 1. The molecule has 7 heteroatoms. The van der Waals surface area contributed by atoms with Gasteiger partial charge in [0.2, 0.25) is 0 Å². The van der Waals surface area contributed by atoms with Crippen LogP contribution in [0.5, 0.6) is 0 Å². The highest BCUT2D eigenvalue weighted by molar-refractivity contribution is 6.30. The number of hydrogen-bond acceptors (Lipinski definition) is 3. The van der Waals surface area contributed by atoms with Crippen LogP contribution in [0.15, 0.2) is 36.7 Å². The minimum absolute atomic E-state index is 0.103. The van der Waals surface area contributed by atoms with Gasteiger partial charge in [0.15, 0.2) is 0 Å². The maximum absolute atomic E-state index is 12.5. The smallest absolute Gasteiger partial charge is 0.317 e. The molecular formula is C17H21ClN4O2. The van der Waals surface area contributed by atoms with Crippen LogP contribution in [0.2, 0.25) is 5.02 Å². The topological polar surface area (TPSA) is 59.4 Å². The fourth-order valence-electron chi connectivity index (χ4n) is 2.85. The van der Waals surface area contributed by atoms with E-state index in [0.29, 0.717) is 31.3 Å². The number of rotatable bonds is 3. The van der Waals surface area contributed by atoms with Gasteiger partial charge in [-0.15, -0.1) is 0 Å². The lowest BCUT2D eigenvalue weighted by Crippen LogP contribution is -2.53. The van der Waals surface area contributed by atoms with E-state index in [9.17, 15) is 4.79 Å². The predicted octanol–water partition coefficient (Wildman–Crippen LogP) is 2.53. The number of carbonyl (C=O) groups excluding carboxylic acids is 1. The number of aryl methyl sites for hydroxylation is 1. The molecule has 24 heavy (non-hydrogen) atoms. The molecule has 1 aliphatic heterocycles. The molecule has 3 rings (SSSR count). The van der Waals surface area contributed by atoms with Gasteiger partial charge in [-0.3, -0.25) is 4.68 Å². The molecule has 0 bridgehead atoms. The molecule has 1 atom stereocenters. The second-order valence-corrected chi connectivity index (χ2v) is 6.63. The van der Waals surface area contributed by atoms with E-state index in [1.807, 2.05) is 44.4 Å². The fourth-order valence-corrected chi connectivity index (χ4v) is 3.06. The first-order chi connectivity index (χ1) is 11.5. The van der Waals surface area contributed by atoms with Gasteiger partial charge in [-0.05, 0) is 24.6 Å². The van der Waals surface area contributed by atoms with Crippen molar-refractivity contribution in [3.63, 3.8) is 0 Å². The van der Waals surface area contributed by atoms with E-state index >= 15 is 0 Å². The van der Waals surface area contributed by atoms with Crippen molar-refractivity contribution in [2.75, 3.05) is 19.7 Å². The molecule has 2 aromatic rings. The Morgan fingerprint density at radius 1 is 1.50 bits per heavy atom. The highest BCUT2D eigenvalue weighted by Crippen LogP contribution is 2.29. The second kappa shape index (κ2) is 6.83. The molecular weight excluding hydrogens is 328 g/mol. The number of nitrogens with zero attached hydrogens (tertiary/aromatic N) is 3. The number of nitrogens with one attached hydrogen (secondary N) is 1. The van der Waals surface area contributed by atoms with Crippen LogP contribution in [-0.2, 0) is 23.9 Å². The van der Waals surface area contributed by atoms with Gasteiger partial charge in [-0.1, -0.05) is 23.7 Å². The number of urea groups is 1. The summed E-state index contributed by atoms with van der Waals surface area (Å²) >= 11 is 5.97. The Balaban J connectivity index is 1.62. The number of aromatic nitrogens is 2. The zero-order valence-corrected chi connectivity index (χ0v) is 14.6. The van der Waals surface area contributed by atoms with Gasteiger partial charge in [0, 0.05) is 36.9 Å². The van der Waals surface area contributed by atoms with Crippen molar-refractivity contribution in [3.05, 3.63) is 52.8 Å². The molecule has 0 aliphatic carbocycles. The third kappa shape index (κ3) is 3.71. The maximum atomic E-state index is 12.5. The van der Waals surface area contributed by atoms with Crippen LogP contribution in [0.25, 0.3) is 0 Å². The Morgan fingerprint density at radius 2 is 2.33 bits per heavy atom. The number of benzene rings is 1. The molecule has 1 saturated heterocycles. The van der Waals surface area contributed by atoms with Crippen molar-refractivity contribution in [1.82, 2.24) is 20.0 Å². The van der Waals surface area contributed by atoms with Crippen LogP contribution >= 0.6 is 11.6 Å². The molecule has 1 N–H and O–H groups in total. The number of morpholine rings is 1. The summed E-state index contributed by atoms with van der Waals surface area (Å²) in [6.07, 6.45) is 3.71. The molecule has 128 valence electrons. The first-order valence-corrected chi connectivity index (χ1v) is 8.24. The van der Waals surface area contributed by atoms with Crippen LogP contribution in [0.1, 0.15) is 18.1 Å². The summed E-state index contributed by atoms with van der Waals surface area (Å²) in [5.41, 5.74) is 1.40. The lowest BCUT2D eigenvalue weighted by molar-refractivity contribution is -0.0907. The summed E-state index contributed by atoms with van der Waals surface area (Å²) in [7, 11) is 1.87. The Kier molecular flexibility index (Phi) is 4.78. The SMILES string of the molecule is Cn1cc(C2(C)CN(C(=O)NCc3cccc(Cl)c3)CCO2)cn1. The van der Waals surface area contributed by atoms with Crippen molar-refractivity contribution < 1.29 is 9.53 Å². The molecule has 1 aromatic carbocycles. The third-order valence-electron chi connectivity index (χ3n) is 4.21. The van der Waals surface area contributed by atoms with E-state index in [2.05, 4.69) is 10.4 Å². The van der Waals surface area contributed by atoms with Crippen LogP contribution < -0.4 is 5.32 Å². The normalized spacial score (nSPS) is 20.9. The van der Waals surface area contributed by atoms with Gasteiger partial charge in [0.05, 0.1) is 19.3 Å². The summed E-state index contributed by atoms with van der Waals surface area (Å²) in [4.78, 5) is 14.3. The van der Waals surface area contributed by atoms with Crippen LogP contribution in [0.4, 0.5) is 4.79 Å². The average molecular weight is 349 g/mol. The van der Waals surface area contributed by atoms with Crippen molar-refractivity contribution in [2.24, 2.45) is 7.05 Å². The van der Waals surface area contributed by atoms with Crippen molar-refractivity contribution in [3.8, 4) is 0 Å². The van der Waals surface area contributed by atoms with Crippen molar-refractivity contribution >= 4 is 17.6 Å². The lowest BCUT2D eigenvalue weighted by atomic mass is 9.97. The minimum Gasteiger partial charge on any atom is -0.367 e. The van der Waals surface area contributed by atoms with Gasteiger partial charge < -0.3 is 15.0 Å². The van der Waals surface area contributed by atoms with Gasteiger partial charge in [-0.25, -0.2) is 4.79 Å². The van der Waals surface area contributed by atoms with E-state index in [0.717, 1.165) is 11.1 Å². The molecule has 1 fully saturated rings. The summed E-state index contributed by atoms with van der Waals surface area (Å²) in [5.74, 6) is 0. The van der Waals surface area contributed by atoms with Crippen LogP contribution in [-0.4, -0.2) is 40.4 Å². The van der Waals surface area contributed by atoms with E-state index < -0.39 is 5.60 Å². The van der Waals surface area contributed by atoms with E-state index in [1.54, 1.807) is 15.8 Å². The standard InChI is InChI=1S/C17H21ClN4O2/c1-17(14-10-20-21(2)11-14)12-22(6-7-24-17)16(23)19-9-13-4-3-5-15(18)8-13/h3-5,8,10-11H,6-7,9,12H2,1-2H3,(H,19,23). The summed E-state index contributed by atoms with van der Waals surface area (Å²) in [6.45, 7) is 3.98. The van der Waals surface area contributed by atoms with Crippen molar-refractivity contribution in [2.45, 2.75) is 19.1 Å². The highest BCUT2D eigenvalue weighted by Gasteiger charge is 2.36. The fraction of sp³-hybridized carbons (Fsp3) is 0.412. The summed E-state index contributed by atoms with van der Waals surface area (Å²) in [5, 5.41) is 7.80. The van der Waals surface area contributed by atoms with Crippen molar-refractivity contribution in [1.29, 1.82) is 0 Å². The average Bonchev–Trinajstić information content (AvgIpc) is 3.00. The van der Waals surface area contributed by atoms with Gasteiger partial charge >= 0.3 is 6.03 Å². The van der Waals surface area contributed by atoms with E-state index in [-0.39, 0.29) is 6.03 Å². The minimum atomic E-state index is -0.542. The molecule has 2 heterocycles. The second-order valence-electron chi connectivity index (χ2n) is 6.19. The van der Waals surface area contributed by atoms with Crippen LogP contribution in [0.3, 0.4) is 0 Å². The molecule has 1 aromatic heterocycles. The number of hydrogen-bond donors (Lipinski definition) is 1. The third-order valence-corrected chi connectivity index (χ3v) is 4.45. The molecule has 2 amide bonds. The summed E-state index contributed by atoms with van der Waals surface area (Å²) < 4.78 is 7.67. The van der Waals surface area contributed by atoms with Gasteiger partial charge in [0.1, 0.15) is 5.60 Å². The molecule has 0 radical (unpaired) electrons. The molecule has 0 spiro atoms.